The SMILES string of the molecule is Cc1csc(NS(=O)(=O)c2ccc3c(c2)oc(=O)n3C)n1. The standard InChI is InChI=1S/C12H11N3O4S2/c1-7-6-20-11(13-7)14-21(17,18)8-3-4-9-10(5-8)19-12(16)15(9)2/h3-6H,1-2H3,(H,13,14). The van der Waals surface area contributed by atoms with Crippen LogP contribution in [0, 0.1) is 6.92 Å². The minimum atomic E-state index is -3.77. The molecule has 0 aliphatic heterocycles. The van der Waals surface area contributed by atoms with Gasteiger partial charge in [0, 0.05) is 18.5 Å². The monoisotopic (exact) mass is 325 g/mol. The molecule has 1 N–H and O–H groups in total. The minimum Gasteiger partial charge on any atom is -0.408 e. The van der Waals surface area contributed by atoms with Crippen LogP contribution in [-0.4, -0.2) is 18.0 Å². The Morgan fingerprint density at radius 3 is 2.81 bits per heavy atom. The van der Waals surface area contributed by atoms with Crippen molar-refractivity contribution in [3.63, 3.8) is 0 Å². The van der Waals surface area contributed by atoms with Crippen molar-refractivity contribution >= 4 is 37.6 Å². The molecule has 0 amide bonds. The van der Waals surface area contributed by atoms with Crippen LogP contribution in [-0.2, 0) is 17.1 Å². The van der Waals surface area contributed by atoms with E-state index in [9.17, 15) is 13.2 Å². The zero-order valence-corrected chi connectivity index (χ0v) is 12.8. The second-order valence-corrected chi connectivity index (χ2v) is 7.00. The quantitative estimate of drug-likeness (QED) is 0.791. The van der Waals surface area contributed by atoms with Crippen molar-refractivity contribution in [2.24, 2.45) is 7.05 Å². The Bertz CT molecular complexity index is 982. The number of aryl methyl sites for hydroxylation is 2. The Kier molecular flexibility index (Phi) is 3.10. The number of aromatic nitrogens is 2. The maximum absolute atomic E-state index is 12.3. The van der Waals surface area contributed by atoms with Gasteiger partial charge in [0.1, 0.15) is 0 Å². The molecule has 1 aromatic carbocycles. The van der Waals surface area contributed by atoms with E-state index >= 15 is 0 Å². The van der Waals surface area contributed by atoms with Crippen molar-refractivity contribution in [2.75, 3.05) is 4.72 Å². The number of sulfonamides is 1. The number of nitrogens with zero attached hydrogens (tertiary/aromatic N) is 2. The highest BCUT2D eigenvalue weighted by Crippen LogP contribution is 2.22. The molecule has 2 aromatic heterocycles. The molecule has 0 aliphatic carbocycles. The average Bonchev–Trinajstić information content (AvgIpc) is 2.93. The number of anilines is 1. The van der Waals surface area contributed by atoms with Gasteiger partial charge < -0.3 is 4.42 Å². The first kappa shape index (κ1) is 13.8. The second kappa shape index (κ2) is 4.71. The van der Waals surface area contributed by atoms with E-state index in [2.05, 4.69) is 9.71 Å². The van der Waals surface area contributed by atoms with Gasteiger partial charge in [0.05, 0.1) is 16.1 Å². The first-order valence-electron chi connectivity index (χ1n) is 5.91. The number of fused-ring (bicyclic) bond motifs is 1. The predicted octanol–water partition coefficient (Wildman–Crippen LogP) is 1.70. The van der Waals surface area contributed by atoms with Crippen LogP contribution >= 0.6 is 11.3 Å². The molecule has 0 spiro atoms. The lowest BCUT2D eigenvalue weighted by molar-refractivity contribution is 0.527. The highest BCUT2D eigenvalue weighted by molar-refractivity contribution is 7.93. The number of hydrogen-bond donors (Lipinski definition) is 1. The number of hydrogen-bond acceptors (Lipinski definition) is 6. The topological polar surface area (TPSA) is 94.2 Å². The van der Waals surface area contributed by atoms with E-state index in [1.165, 1.54) is 34.1 Å². The second-order valence-electron chi connectivity index (χ2n) is 4.46. The Labute approximate surface area is 123 Å². The number of oxazole rings is 1. The summed E-state index contributed by atoms with van der Waals surface area (Å²) < 4.78 is 33.2. The molecule has 2 heterocycles. The molecule has 0 saturated heterocycles. The number of rotatable bonds is 3. The summed E-state index contributed by atoms with van der Waals surface area (Å²) in [5, 5.41) is 2.04. The maximum atomic E-state index is 12.3. The van der Waals surface area contributed by atoms with Crippen LogP contribution in [0.3, 0.4) is 0 Å². The fourth-order valence-corrected chi connectivity index (χ4v) is 3.81. The largest absolute Gasteiger partial charge is 0.419 e. The molecule has 3 aromatic rings. The van der Waals surface area contributed by atoms with Gasteiger partial charge in [0.25, 0.3) is 10.0 Å². The van der Waals surface area contributed by atoms with Crippen molar-refractivity contribution < 1.29 is 12.8 Å². The zero-order chi connectivity index (χ0) is 15.2. The van der Waals surface area contributed by atoms with Crippen LogP contribution in [0.2, 0.25) is 0 Å². The van der Waals surface area contributed by atoms with Crippen LogP contribution in [0.5, 0.6) is 0 Å². The van der Waals surface area contributed by atoms with E-state index in [1.54, 1.807) is 19.4 Å². The van der Waals surface area contributed by atoms with Crippen molar-refractivity contribution in [1.82, 2.24) is 9.55 Å². The Balaban J connectivity index is 2.04. The van der Waals surface area contributed by atoms with E-state index in [0.29, 0.717) is 10.6 Å². The molecule has 0 saturated carbocycles. The molecular formula is C12H11N3O4S2. The number of nitrogens with one attached hydrogen (secondary N) is 1. The first-order valence-corrected chi connectivity index (χ1v) is 8.27. The van der Waals surface area contributed by atoms with Gasteiger partial charge in [0.2, 0.25) is 0 Å². The Morgan fingerprint density at radius 1 is 1.38 bits per heavy atom. The predicted molar refractivity (Wildman–Crippen MR) is 79.1 cm³/mol. The van der Waals surface area contributed by atoms with Crippen LogP contribution in [0.1, 0.15) is 5.69 Å². The molecule has 0 unspecified atom stereocenters. The van der Waals surface area contributed by atoms with Crippen LogP contribution in [0.15, 0.2) is 37.7 Å². The van der Waals surface area contributed by atoms with Gasteiger partial charge in [-0.1, -0.05) is 0 Å². The van der Waals surface area contributed by atoms with Crippen LogP contribution < -0.4 is 10.5 Å². The number of thiazole rings is 1. The first-order chi connectivity index (χ1) is 9.87. The molecule has 0 aliphatic rings. The zero-order valence-electron chi connectivity index (χ0n) is 11.2. The summed E-state index contributed by atoms with van der Waals surface area (Å²) in [5.74, 6) is -0.539. The lowest BCUT2D eigenvalue weighted by Gasteiger charge is -2.04. The van der Waals surface area contributed by atoms with Gasteiger partial charge in [-0.3, -0.25) is 9.29 Å². The van der Waals surface area contributed by atoms with Gasteiger partial charge in [0.15, 0.2) is 10.7 Å². The highest BCUT2D eigenvalue weighted by atomic mass is 32.2. The molecule has 7 nitrogen and oxygen atoms in total. The van der Waals surface area contributed by atoms with E-state index in [1.807, 2.05) is 0 Å². The molecule has 21 heavy (non-hydrogen) atoms. The van der Waals surface area contributed by atoms with Gasteiger partial charge in [-0.15, -0.1) is 11.3 Å². The average molecular weight is 325 g/mol. The van der Waals surface area contributed by atoms with Gasteiger partial charge >= 0.3 is 5.76 Å². The van der Waals surface area contributed by atoms with E-state index in [4.69, 9.17) is 4.42 Å². The normalized spacial score (nSPS) is 11.9. The fourth-order valence-electron chi connectivity index (χ4n) is 1.86. The summed E-state index contributed by atoms with van der Waals surface area (Å²) in [6.07, 6.45) is 0. The molecule has 110 valence electrons. The summed E-state index contributed by atoms with van der Waals surface area (Å²) in [7, 11) is -2.21. The Hall–Kier alpha value is -2.13. The van der Waals surface area contributed by atoms with Crippen molar-refractivity contribution in [2.45, 2.75) is 11.8 Å². The van der Waals surface area contributed by atoms with Crippen molar-refractivity contribution in [1.29, 1.82) is 0 Å². The Morgan fingerprint density at radius 2 is 2.14 bits per heavy atom. The third-order valence-electron chi connectivity index (χ3n) is 2.91. The third-order valence-corrected chi connectivity index (χ3v) is 5.26. The van der Waals surface area contributed by atoms with Gasteiger partial charge in [-0.25, -0.2) is 18.2 Å². The third kappa shape index (κ3) is 2.45. The summed E-state index contributed by atoms with van der Waals surface area (Å²) in [5.41, 5.74) is 1.49. The van der Waals surface area contributed by atoms with Crippen LogP contribution in [0.4, 0.5) is 5.13 Å². The van der Waals surface area contributed by atoms with Crippen molar-refractivity contribution in [3.8, 4) is 0 Å². The van der Waals surface area contributed by atoms with Gasteiger partial charge in [-0.05, 0) is 19.1 Å². The molecule has 0 bridgehead atoms. The van der Waals surface area contributed by atoms with E-state index in [0.717, 1.165) is 5.69 Å². The highest BCUT2D eigenvalue weighted by Gasteiger charge is 2.18. The molecule has 9 heteroatoms. The molecular weight excluding hydrogens is 314 g/mol. The lowest BCUT2D eigenvalue weighted by atomic mass is 10.3. The smallest absolute Gasteiger partial charge is 0.408 e. The lowest BCUT2D eigenvalue weighted by Crippen LogP contribution is -2.12. The fraction of sp³-hybridized carbons (Fsp3) is 0.167. The summed E-state index contributed by atoms with van der Waals surface area (Å²) in [6.45, 7) is 1.78. The molecule has 0 radical (unpaired) electrons. The van der Waals surface area contributed by atoms with E-state index in [-0.39, 0.29) is 10.5 Å². The maximum Gasteiger partial charge on any atom is 0.419 e. The molecule has 0 fully saturated rings. The van der Waals surface area contributed by atoms with Gasteiger partial charge in [-0.2, -0.15) is 0 Å². The minimum absolute atomic E-state index is 0.0113. The molecule has 0 atom stereocenters. The summed E-state index contributed by atoms with van der Waals surface area (Å²) in [4.78, 5) is 15.5. The molecule has 3 rings (SSSR count). The van der Waals surface area contributed by atoms with Crippen LogP contribution in [0.25, 0.3) is 11.1 Å². The number of benzene rings is 1. The van der Waals surface area contributed by atoms with E-state index < -0.39 is 15.8 Å². The van der Waals surface area contributed by atoms with Crippen molar-refractivity contribution in [3.05, 3.63) is 39.8 Å². The summed E-state index contributed by atoms with van der Waals surface area (Å²) >= 11 is 1.20. The summed E-state index contributed by atoms with van der Waals surface area (Å²) in [6, 6.07) is 4.27.